The predicted octanol–water partition coefficient (Wildman–Crippen LogP) is -0.970. The van der Waals surface area contributed by atoms with E-state index in [1.165, 1.54) is 43.3 Å². The number of phenols is 1. The topological polar surface area (TPSA) is 232 Å². The van der Waals surface area contributed by atoms with Gasteiger partial charge in [-0.15, -0.1) is 0 Å². The maximum absolute atomic E-state index is 10.8. The molecule has 5 rings (SSSR count). The van der Waals surface area contributed by atoms with Gasteiger partial charge in [-0.2, -0.15) is 0 Å². The first-order valence-corrected chi connectivity index (χ1v) is 13.4. The Morgan fingerprint density at radius 3 is 2.29 bits per heavy atom. The van der Waals surface area contributed by atoms with Crippen molar-refractivity contribution in [3.63, 3.8) is 0 Å². The van der Waals surface area contributed by atoms with Gasteiger partial charge in [-0.3, -0.25) is 0 Å². The van der Waals surface area contributed by atoms with E-state index in [0.717, 1.165) is 6.08 Å². The van der Waals surface area contributed by atoms with Crippen molar-refractivity contribution >= 4 is 17.4 Å². The number of halogens is 1. The van der Waals surface area contributed by atoms with Crippen molar-refractivity contribution in [3.05, 3.63) is 70.9 Å². The van der Waals surface area contributed by atoms with Gasteiger partial charge in [0.25, 0.3) is 0 Å². The number of ether oxygens (including phenoxy) is 5. The summed E-state index contributed by atoms with van der Waals surface area (Å²) in [4.78, 5) is 0. The van der Waals surface area contributed by atoms with Crippen LogP contribution in [0, 0.1) is 0 Å². The van der Waals surface area contributed by atoms with Crippen LogP contribution < -0.4 is 0 Å². The summed E-state index contributed by atoms with van der Waals surface area (Å²) in [6.45, 7) is 0.870. The summed E-state index contributed by atoms with van der Waals surface area (Å²) in [6.07, 6.45) is -11.2. The Bertz CT molecular complexity index is 1290. The fourth-order valence-electron chi connectivity index (χ4n) is 4.93. The molecule has 0 bridgehead atoms. The highest BCUT2D eigenvalue weighted by atomic mass is 35.5. The molecule has 2 fully saturated rings. The Balaban J connectivity index is 1.42. The molecule has 3 heterocycles. The molecule has 1 aromatic carbocycles. The van der Waals surface area contributed by atoms with Gasteiger partial charge in [0.15, 0.2) is 12.4 Å². The largest absolute Gasteiger partial charge is 0.571 e. The molecule has 0 aromatic heterocycles. The third-order valence-corrected chi connectivity index (χ3v) is 7.75. The lowest BCUT2D eigenvalue weighted by Gasteiger charge is -2.45. The Kier molecular flexibility index (Phi) is 8.48. The van der Waals surface area contributed by atoms with E-state index >= 15 is 0 Å². The van der Waals surface area contributed by atoms with Crippen LogP contribution in [0.5, 0.6) is 5.75 Å². The third kappa shape index (κ3) is 5.70. The molecule has 1 aromatic rings. The smallest absolute Gasteiger partial charge is 0.320 e. The van der Waals surface area contributed by atoms with E-state index in [0.29, 0.717) is 5.56 Å². The summed E-state index contributed by atoms with van der Waals surface area (Å²) in [5.41, 5.74) is 0.610. The first-order valence-electron chi connectivity index (χ1n) is 13.0. The third-order valence-electron chi connectivity index (χ3n) is 7.36. The number of aromatic hydroxyl groups is 1. The molecule has 0 saturated carbocycles. The zero-order valence-corrected chi connectivity index (χ0v) is 22.8. The molecule has 230 valence electrons. The number of aliphatic hydroxyl groups excluding tert-OH is 8. The monoisotopic (exact) mass is 615 g/mol. The average Bonchev–Trinajstić information content (AvgIpc) is 2.95. The number of hydrogen-bond acceptors (Lipinski definition) is 13. The summed E-state index contributed by atoms with van der Waals surface area (Å²) in [5, 5.41) is 89.8. The van der Waals surface area contributed by atoms with Gasteiger partial charge in [-0.05, 0) is 42.8 Å². The van der Waals surface area contributed by atoms with E-state index < -0.39 is 73.1 Å². The molecule has 1 aliphatic carbocycles. The van der Waals surface area contributed by atoms with Gasteiger partial charge < -0.3 is 69.6 Å². The van der Waals surface area contributed by atoms with Crippen molar-refractivity contribution in [2.24, 2.45) is 0 Å². The molecular weight excluding hydrogens is 584 g/mol. The zero-order chi connectivity index (χ0) is 30.5. The Hall–Kier alpha value is -2.89. The molecule has 14 nitrogen and oxygen atoms in total. The van der Waals surface area contributed by atoms with Crippen molar-refractivity contribution in [1.82, 2.24) is 0 Å². The lowest BCUT2D eigenvalue weighted by atomic mass is 9.96. The molecule has 0 spiro atoms. The minimum atomic E-state index is -2.56. The van der Waals surface area contributed by atoms with Crippen molar-refractivity contribution in [3.8, 4) is 5.75 Å². The fraction of sp³-hybridized carbons (Fsp3) is 0.481. The minimum Gasteiger partial charge on any atom is -0.571 e. The van der Waals surface area contributed by atoms with E-state index in [9.17, 15) is 46.0 Å². The predicted molar refractivity (Wildman–Crippen MR) is 141 cm³/mol. The molecule has 0 radical (unpaired) electrons. The maximum Gasteiger partial charge on any atom is 0.320 e. The Morgan fingerprint density at radius 2 is 1.60 bits per heavy atom. The second kappa shape index (κ2) is 11.7. The van der Waals surface area contributed by atoms with Gasteiger partial charge in [0.05, 0.1) is 29.9 Å². The number of aliphatic hydroxyl groups is 10. The fourth-order valence-corrected chi connectivity index (χ4v) is 5.26. The summed E-state index contributed by atoms with van der Waals surface area (Å²) >= 11 is 6.59. The summed E-state index contributed by atoms with van der Waals surface area (Å²) in [7, 11) is 0. The highest BCUT2D eigenvalue weighted by Gasteiger charge is 2.56. The van der Waals surface area contributed by atoms with E-state index in [1.807, 2.05) is 0 Å². The molecule has 15 heteroatoms. The first-order chi connectivity index (χ1) is 19.8. The average molecular weight is 616 g/mol. The van der Waals surface area contributed by atoms with Crippen LogP contribution in [0.4, 0.5) is 0 Å². The zero-order valence-electron chi connectivity index (χ0n) is 22.0. The van der Waals surface area contributed by atoms with E-state index in [4.69, 9.17) is 30.5 Å². The van der Waals surface area contributed by atoms with Crippen LogP contribution in [-0.2, 0) is 18.9 Å². The minimum absolute atomic E-state index is 0.0343. The lowest BCUT2D eigenvalue weighted by Crippen LogP contribution is -2.64. The van der Waals surface area contributed by atoms with Gasteiger partial charge in [0.2, 0.25) is 11.9 Å². The first kappa shape index (κ1) is 30.6. The lowest BCUT2D eigenvalue weighted by molar-refractivity contribution is -0.335. The Morgan fingerprint density at radius 1 is 0.905 bits per heavy atom. The van der Waals surface area contributed by atoms with Crippen LogP contribution in [0.2, 0.25) is 0 Å². The highest BCUT2D eigenvalue weighted by Crippen LogP contribution is 2.42. The molecule has 1 unspecified atom stereocenters. The second-order valence-electron chi connectivity index (χ2n) is 10.3. The van der Waals surface area contributed by atoms with Gasteiger partial charge in [-0.1, -0.05) is 0 Å². The number of hydrogen-bond donors (Lipinski definition) is 9. The molecule has 11 atom stereocenters. The van der Waals surface area contributed by atoms with Crippen molar-refractivity contribution in [2.75, 3.05) is 6.61 Å². The summed E-state index contributed by atoms with van der Waals surface area (Å²) in [5.74, 6) is -0.607. The Labute approximate surface area is 243 Å². The molecule has 0 amide bonds. The quantitative estimate of drug-likeness (QED) is 0.139. The summed E-state index contributed by atoms with van der Waals surface area (Å²) in [6, 6.07) is 5.78. The SMILES string of the molecule is C[C@@H]1O[C@@H](OC[C@H]2O[C@](Cl)(OC3=C(c4ccc(O)cc4)[OH+]C4C=C(O)C=C(O)C4=C3)[C@H](O)[C@@H](O)[C@@H]2O)[C@H](O)[C@H](O)[C@H]1O. The van der Waals surface area contributed by atoms with Crippen molar-refractivity contribution in [1.29, 1.82) is 0 Å². The molecule has 4 aliphatic rings. The number of allylic oxidation sites excluding steroid dienone is 2. The second-order valence-corrected chi connectivity index (χ2v) is 10.9. The van der Waals surface area contributed by atoms with Crippen molar-refractivity contribution < 1.29 is 69.6 Å². The van der Waals surface area contributed by atoms with Gasteiger partial charge in [0.1, 0.15) is 53.9 Å². The van der Waals surface area contributed by atoms with E-state index in [2.05, 4.69) is 4.74 Å². The van der Waals surface area contributed by atoms with Crippen LogP contribution >= 0.6 is 11.6 Å². The normalized spacial score (nSPS) is 40.3. The van der Waals surface area contributed by atoms with Crippen molar-refractivity contribution in [2.45, 2.75) is 73.4 Å². The van der Waals surface area contributed by atoms with E-state index in [1.54, 1.807) is 0 Å². The number of rotatable bonds is 6. The maximum atomic E-state index is 10.8. The van der Waals surface area contributed by atoms with Gasteiger partial charge >= 0.3 is 11.0 Å². The standard InChI is InChI=1S/C27H31ClO14/c1-10-19(32)21(34)23(36)26(39-10)38-9-18-20(33)22(35)25(37)27(28,42-18)41-17-8-14-15(31)6-13(30)7-16(14)40-24(17)11-2-4-12(29)5-3-11/h2-8,10,16,18-23,25-26,29-37H,9H2,1H3/p+1/t10-,16?,18+,19-,20+,21+,22-,23+,25+,26+,27+/m0/s1. The molecule has 2 saturated heterocycles. The van der Waals surface area contributed by atoms with Gasteiger partial charge in [0, 0.05) is 12.2 Å². The van der Waals surface area contributed by atoms with Crippen LogP contribution in [-0.4, -0.2) is 124 Å². The van der Waals surface area contributed by atoms with E-state index in [-0.39, 0.29) is 34.4 Å². The molecule has 3 aliphatic heterocycles. The van der Waals surface area contributed by atoms with Gasteiger partial charge in [-0.25, -0.2) is 0 Å². The molecular formula is C27H32ClO14+. The molecule has 42 heavy (non-hydrogen) atoms. The number of phenolic OH excluding ortho intramolecular Hbond substituents is 1. The van der Waals surface area contributed by atoms with Crippen LogP contribution in [0.25, 0.3) is 5.76 Å². The van der Waals surface area contributed by atoms with Crippen LogP contribution in [0.1, 0.15) is 12.5 Å². The number of alkyl halides is 1. The number of fused-ring (bicyclic) bond motifs is 1. The molecule has 10 N–H and O–H groups in total. The highest BCUT2D eigenvalue weighted by molar-refractivity contribution is 6.22. The summed E-state index contributed by atoms with van der Waals surface area (Å²) < 4.78 is 27.0. The van der Waals surface area contributed by atoms with Crippen LogP contribution in [0.15, 0.2) is 65.3 Å². The number of benzene rings is 1. The van der Waals surface area contributed by atoms with Crippen LogP contribution in [0.3, 0.4) is 0 Å².